The SMILES string of the molecule is O=C1NC[C@@H](COc2ccccn2)[C@]12CCN(Cc1ccccn1)C2. The van der Waals surface area contributed by atoms with Gasteiger partial charge in [0.2, 0.25) is 11.8 Å². The monoisotopic (exact) mass is 338 g/mol. The van der Waals surface area contributed by atoms with E-state index in [4.69, 9.17) is 4.74 Å². The predicted molar refractivity (Wildman–Crippen MR) is 92.8 cm³/mol. The maximum absolute atomic E-state index is 12.6. The smallest absolute Gasteiger partial charge is 0.228 e. The fourth-order valence-corrected chi connectivity index (χ4v) is 3.90. The topological polar surface area (TPSA) is 67.3 Å². The lowest BCUT2D eigenvalue weighted by Gasteiger charge is -2.28. The van der Waals surface area contributed by atoms with Gasteiger partial charge in [0.15, 0.2) is 0 Å². The molecule has 25 heavy (non-hydrogen) atoms. The second-order valence-electron chi connectivity index (χ2n) is 6.82. The highest BCUT2D eigenvalue weighted by Crippen LogP contribution is 2.42. The molecule has 6 nitrogen and oxygen atoms in total. The summed E-state index contributed by atoms with van der Waals surface area (Å²) in [6.07, 6.45) is 4.39. The van der Waals surface area contributed by atoms with E-state index >= 15 is 0 Å². The van der Waals surface area contributed by atoms with Crippen molar-refractivity contribution in [2.75, 3.05) is 26.2 Å². The molecule has 0 saturated carbocycles. The maximum Gasteiger partial charge on any atom is 0.228 e. The van der Waals surface area contributed by atoms with Gasteiger partial charge in [-0.15, -0.1) is 0 Å². The first-order chi connectivity index (χ1) is 12.3. The van der Waals surface area contributed by atoms with Crippen LogP contribution in [0.25, 0.3) is 0 Å². The molecule has 130 valence electrons. The number of amides is 1. The highest BCUT2D eigenvalue weighted by atomic mass is 16.5. The molecule has 0 aromatic carbocycles. The van der Waals surface area contributed by atoms with Gasteiger partial charge < -0.3 is 10.1 Å². The van der Waals surface area contributed by atoms with Gasteiger partial charge in [-0.3, -0.25) is 14.7 Å². The lowest BCUT2D eigenvalue weighted by atomic mass is 9.77. The number of nitrogens with one attached hydrogen (secondary N) is 1. The number of carbonyl (C=O) groups is 1. The largest absolute Gasteiger partial charge is 0.477 e. The Balaban J connectivity index is 1.42. The van der Waals surface area contributed by atoms with Crippen molar-refractivity contribution in [3.63, 3.8) is 0 Å². The number of pyridine rings is 2. The van der Waals surface area contributed by atoms with E-state index in [-0.39, 0.29) is 17.2 Å². The van der Waals surface area contributed by atoms with E-state index in [0.717, 1.165) is 31.7 Å². The van der Waals surface area contributed by atoms with Gasteiger partial charge in [0.25, 0.3) is 0 Å². The van der Waals surface area contributed by atoms with Crippen LogP contribution in [-0.4, -0.2) is 47.0 Å². The van der Waals surface area contributed by atoms with Crippen LogP contribution in [0.3, 0.4) is 0 Å². The minimum absolute atomic E-state index is 0.158. The first kappa shape index (κ1) is 16.0. The summed E-state index contributed by atoms with van der Waals surface area (Å²) in [5, 5.41) is 3.04. The Bertz CT molecular complexity index is 725. The van der Waals surface area contributed by atoms with Gasteiger partial charge in [-0.2, -0.15) is 0 Å². The average Bonchev–Trinajstić information content (AvgIpc) is 3.20. The van der Waals surface area contributed by atoms with Crippen molar-refractivity contribution in [1.82, 2.24) is 20.2 Å². The Morgan fingerprint density at radius 1 is 1.20 bits per heavy atom. The lowest BCUT2D eigenvalue weighted by molar-refractivity contribution is -0.128. The Kier molecular flexibility index (Phi) is 4.36. The van der Waals surface area contributed by atoms with Crippen LogP contribution in [0.15, 0.2) is 48.8 Å². The molecule has 2 aliphatic rings. The number of carbonyl (C=O) groups excluding carboxylic acids is 1. The summed E-state index contributed by atoms with van der Waals surface area (Å²) in [5.74, 6) is 0.932. The van der Waals surface area contributed by atoms with Gasteiger partial charge in [0, 0.05) is 44.0 Å². The number of likely N-dealkylation sites (tertiary alicyclic amines) is 1. The fourth-order valence-electron chi connectivity index (χ4n) is 3.90. The summed E-state index contributed by atoms with van der Waals surface area (Å²) in [4.78, 5) is 23.5. The molecule has 4 rings (SSSR count). The van der Waals surface area contributed by atoms with E-state index in [1.165, 1.54) is 0 Å². The second kappa shape index (κ2) is 6.80. The van der Waals surface area contributed by atoms with Crippen molar-refractivity contribution in [3.05, 3.63) is 54.5 Å². The number of rotatable bonds is 5. The van der Waals surface area contributed by atoms with E-state index in [1.54, 1.807) is 6.20 Å². The molecule has 2 aliphatic heterocycles. The maximum atomic E-state index is 12.6. The van der Waals surface area contributed by atoms with Crippen LogP contribution in [0.1, 0.15) is 12.1 Å². The van der Waals surface area contributed by atoms with Gasteiger partial charge in [0.05, 0.1) is 17.7 Å². The van der Waals surface area contributed by atoms with E-state index in [2.05, 4.69) is 20.2 Å². The van der Waals surface area contributed by atoms with Crippen molar-refractivity contribution >= 4 is 5.91 Å². The molecule has 4 heterocycles. The van der Waals surface area contributed by atoms with Crippen LogP contribution in [0.5, 0.6) is 5.88 Å². The zero-order chi connectivity index (χ0) is 17.1. The van der Waals surface area contributed by atoms with Gasteiger partial charge in [0.1, 0.15) is 0 Å². The molecule has 0 aliphatic carbocycles. The molecule has 2 atom stereocenters. The third-order valence-electron chi connectivity index (χ3n) is 5.30. The van der Waals surface area contributed by atoms with Crippen LogP contribution in [-0.2, 0) is 11.3 Å². The van der Waals surface area contributed by atoms with Gasteiger partial charge in [-0.05, 0) is 31.2 Å². The summed E-state index contributed by atoms with van der Waals surface area (Å²) >= 11 is 0. The van der Waals surface area contributed by atoms with Crippen molar-refractivity contribution < 1.29 is 9.53 Å². The van der Waals surface area contributed by atoms with E-state index < -0.39 is 0 Å². The normalized spacial score (nSPS) is 26.1. The third-order valence-corrected chi connectivity index (χ3v) is 5.30. The number of hydrogen-bond donors (Lipinski definition) is 1. The summed E-state index contributed by atoms with van der Waals surface area (Å²) in [6, 6.07) is 11.6. The summed E-state index contributed by atoms with van der Waals surface area (Å²) < 4.78 is 5.84. The summed E-state index contributed by atoms with van der Waals surface area (Å²) in [7, 11) is 0. The summed E-state index contributed by atoms with van der Waals surface area (Å²) in [5.41, 5.74) is 0.683. The third kappa shape index (κ3) is 3.22. The standard InChI is InChI=1S/C19H22N4O2/c24-18-19(7-10-23(14-19)12-16-5-1-3-8-20-16)15(11-22-18)13-25-17-6-2-4-9-21-17/h1-6,8-9,15H,7,10-14H2,(H,22,24)/t15-,19+/m0/s1. The first-order valence-corrected chi connectivity index (χ1v) is 8.71. The van der Waals surface area contributed by atoms with Gasteiger partial charge >= 0.3 is 0 Å². The number of nitrogens with zero attached hydrogens (tertiary/aromatic N) is 3. The van der Waals surface area contributed by atoms with Crippen molar-refractivity contribution in [3.8, 4) is 5.88 Å². The van der Waals surface area contributed by atoms with E-state index in [9.17, 15) is 4.79 Å². The van der Waals surface area contributed by atoms with Gasteiger partial charge in [-0.25, -0.2) is 4.98 Å². The number of hydrogen-bond acceptors (Lipinski definition) is 5. The minimum atomic E-state index is -0.358. The van der Waals surface area contributed by atoms with Crippen LogP contribution in [0.4, 0.5) is 0 Å². The van der Waals surface area contributed by atoms with Crippen LogP contribution < -0.4 is 10.1 Å². The molecule has 1 N–H and O–H groups in total. The Hall–Kier alpha value is -2.47. The molecule has 2 saturated heterocycles. The van der Waals surface area contributed by atoms with Crippen LogP contribution >= 0.6 is 0 Å². The van der Waals surface area contributed by atoms with Crippen molar-refractivity contribution in [2.45, 2.75) is 13.0 Å². The molecule has 1 amide bonds. The van der Waals surface area contributed by atoms with E-state index in [0.29, 0.717) is 19.0 Å². The minimum Gasteiger partial charge on any atom is -0.477 e. The molecular weight excluding hydrogens is 316 g/mol. The fraction of sp³-hybridized carbons (Fsp3) is 0.421. The molecular formula is C19H22N4O2. The molecule has 0 unspecified atom stereocenters. The predicted octanol–water partition coefficient (Wildman–Crippen LogP) is 1.49. The Morgan fingerprint density at radius 2 is 2.04 bits per heavy atom. The molecule has 6 heteroatoms. The molecule has 1 spiro atoms. The molecule has 0 bridgehead atoms. The molecule has 0 radical (unpaired) electrons. The highest BCUT2D eigenvalue weighted by molar-refractivity contribution is 5.86. The Morgan fingerprint density at radius 3 is 2.80 bits per heavy atom. The first-order valence-electron chi connectivity index (χ1n) is 8.71. The second-order valence-corrected chi connectivity index (χ2v) is 6.82. The zero-order valence-electron chi connectivity index (χ0n) is 14.1. The Labute approximate surface area is 147 Å². The van der Waals surface area contributed by atoms with Crippen LogP contribution in [0, 0.1) is 11.3 Å². The number of ether oxygens (including phenoxy) is 1. The molecule has 2 aromatic heterocycles. The highest BCUT2D eigenvalue weighted by Gasteiger charge is 2.54. The molecule has 2 fully saturated rings. The molecule has 2 aromatic rings. The van der Waals surface area contributed by atoms with Gasteiger partial charge in [-0.1, -0.05) is 12.1 Å². The lowest BCUT2D eigenvalue weighted by Crippen LogP contribution is -2.40. The van der Waals surface area contributed by atoms with E-state index in [1.807, 2.05) is 42.6 Å². The quantitative estimate of drug-likeness (QED) is 0.895. The zero-order valence-corrected chi connectivity index (χ0v) is 14.1. The average molecular weight is 338 g/mol. The van der Waals surface area contributed by atoms with Crippen molar-refractivity contribution in [2.24, 2.45) is 11.3 Å². The summed E-state index contributed by atoms with van der Waals surface area (Å²) in [6.45, 7) is 3.62. The number of aromatic nitrogens is 2. The van der Waals surface area contributed by atoms with Crippen molar-refractivity contribution in [1.29, 1.82) is 0 Å². The van der Waals surface area contributed by atoms with Crippen LogP contribution in [0.2, 0.25) is 0 Å².